The molecule has 0 aliphatic carbocycles. The minimum Gasteiger partial charge on any atom is -0.406 e. The second kappa shape index (κ2) is 8.81. The number of benzene rings is 1. The molecule has 3 rings (SSSR count). The van der Waals surface area contributed by atoms with Gasteiger partial charge in [0.15, 0.2) is 0 Å². The molecule has 0 fully saturated rings. The van der Waals surface area contributed by atoms with E-state index in [0.717, 1.165) is 0 Å². The van der Waals surface area contributed by atoms with Crippen molar-refractivity contribution in [1.29, 1.82) is 5.26 Å². The van der Waals surface area contributed by atoms with Gasteiger partial charge in [0.25, 0.3) is 0 Å². The van der Waals surface area contributed by atoms with Gasteiger partial charge in [-0.1, -0.05) is 12.1 Å². The predicted octanol–water partition coefficient (Wildman–Crippen LogP) is 3.31. The number of nitriles is 1. The first-order valence-corrected chi connectivity index (χ1v) is 7.92. The summed E-state index contributed by atoms with van der Waals surface area (Å²) in [5.41, 5.74) is 7.70. The Hall–Kier alpha value is -3.67. The van der Waals surface area contributed by atoms with E-state index in [9.17, 15) is 18.0 Å². The van der Waals surface area contributed by atoms with E-state index in [2.05, 4.69) is 14.7 Å². The molecular weight excluding hydrogens is 373 g/mol. The molecule has 28 heavy (non-hydrogen) atoms. The average molecular weight is 388 g/mol. The number of halogens is 3. The van der Waals surface area contributed by atoms with Crippen LogP contribution in [-0.4, -0.2) is 30.0 Å². The first-order chi connectivity index (χ1) is 13.2. The van der Waals surface area contributed by atoms with Crippen LogP contribution in [0, 0.1) is 18.3 Å². The van der Waals surface area contributed by atoms with Crippen LogP contribution in [0.4, 0.5) is 13.2 Å². The summed E-state index contributed by atoms with van der Waals surface area (Å²) < 4.78 is 39.9. The zero-order valence-corrected chi connectivity index (χ0v) is 14.7. The topological polar surface area (TPSA) is 101 Å². The summed E-state index contributed by atoms with van der Waals surface area (Å²) >= 11 is 0. The highest BCUT2D eigenvalue weighted by atomic mass is 19.4. The number of aliphatic imine (C=N–C) groups is 1. The number of primary amides is 1. The number of carbonyl (C=O) groups is 1. The Bertz CT molecular complexity index is 959. The number of nitrogens with zero attached hydrogens (tertiary/aromatic N) is 3. The summed E-state index contributed by atoms with van der Waals surface area (Å²) in [6.07, 6.45) is -0.0110. The van der Waals surface area contributed by atoms with E-state index in [1.165, 1.54) is 36.7 Å². The standard InChI is InChI=1S/C14H9F3N2O.C5H6N2O/c1-9-6-11(7-18)13(8-19-9)10-2-4-12(5-3-10)20-14(15,16)17;6-5(8)4-1-2-7-3-4/h2-6,8H,1H3;1,3H,2H2,(H2,6,8). The number of rotatable bonds is 3. The number of aryl methyl sites for hydroxylation is 1. The Labute approximate surface area is 158 Å². The molecule has 2 heterocycles. The van der Waals surface area contributed by atoms with Crippen molar-refractivity contribution in [2.45, 2.75) is 13.3 Å². The van der Waals surface area contributed by atoms with E-state index in [-0.39, 0.29) is 5.75 Å². The number of alkyl halides is 3. The molecule has 144 valence electrons. The van der Waals surface area contributed by atoms with Crippen LogP contribution in [0.15, 0.2) is 53.2 Å². The molecule has 1 aliphatic rings. The third kappa shape index (κ3) is 5.95. The fraction of sp³-hybridized carbons (Fsp3) is 0.158. The van der Waals surface area contributed by atoms with Gasteiger partial charge in [0.2, 0.25) is 5.91 Å². The first-order valence-electron chi connectivity index (χ1n) is 7.92. The molecule has 0 atom stereocenters. The number of ether oxygens (including phenoxy) is 1. The van der Waals surface area contributed by atoms with Gasteiger partial charge in [-0.3, -0.25) is 14.8 Å². The van der Waals surface area contributed by atoms with E-state index in [1.54, 1.807) is 19.1 Å². The lowest BCUT2D eigenvalue weighted by molar-refractivity contribution is -0.274. The summed E-state index contributed by atoms with van der Waals surface area (Å²) in [4.78, 5) is 18.1. The van der Waals surface area contributed by atoms with Crippen LogP contribution < -0.4 is 10.5 Å². The molecular formula is C19H15F3N4O2. The van der Waals surface area contributed by atoms with Gasteiger partial charge >= 0.3 is 6.36 Å². The van der Waals surface area contributed by atoms with Gasteiger partial charge < -0.3 is 10.5 Å². The maximum atomic E-state index is 12.1. The van der Waals surface area contributed by atoms with Gasteiger partial charge in [0, 0.05) is 23.7 Å². The molecule has 0 bridgehead atoms. The highest BCUT2D eigenvalue weighted by molar-refractivity contribution is 6.12. The highest BCUT2D eigenvalue weighted by Gasteiger charge is 2.30. The third-order valence-electron chi connectivity index (χ3n) is 3.49. The predicted molar refractivity (Wildman–Crippen MR) is 96.4 cm³/mol. The zero-order chi connectivity index (χ0) is 20.7. The van der Waals surface area contributed by atoms with E-state index < -0.39 is 12.3 Å². The molecule has 2 N–H and O–H groups in total. The number of hydrogen-bond acceptors (Lipinski definition) is 5. The van der Waals surface area contributed by atoms with Crippen molar-refractivity contribution in [3.05, 3.63) is 59.4 Å². The van der Waals surface area contributed by atoms with Gasteiger partial charge in [-0.2, -0.15) is 5.26 Å². The Morgan fingerprint density at radius 3 is 2.43 bits per heavy atom. The number of nitrogens with two attached hydrogens (primary N) is 1. The maximum Gasteiger partial charge on any atom is 0.573 e. The van der Waals surface area contributed by atoms with Crippen LogP contribution in [0.5, 0.6) is 5.75 Å². The second-order valence-corrected chi connectivity index (χ2v) is 5.57. The third-order valence-corrected chi connectivity index (χ3v) is 3.49. The Balaban J connectivity index is 0.000000292. The largest absolute Gasteiger partial charge is 0.573 e. The lowest BCUT2D eigenvalue weighted by Crippen LogP contribution is -2.16. The van der Waals surface area contributed by atoms with E-state index in [4.69, 9.17) is 11.0 Å². The van der Waals surface area contributed by atoms with E-state index in [0.29, 0.717) is 34.5 Å². The average Bonchev–Trinajstić information content (AvgIpc) is 3.17. The van der Waals surface area contributed by atoms with E-state index >= 15 is 0 Å². The minimum atomic E-state index is -4.72. The molecule has 1 amide bonds. The van der Waals surface area contributed by atoms with Crippen LogP contribution >= 0.6 is 0 Å². The van der Waals surface area contributed by atoms with Crippen molar-refractivity contribution in [1.82, 2.24) is 4.98 Å². The summed E-state index contributed by atoms with van der Waals surface area (Å²) in [5, 5.41) is 9.06. The molecule has 0 radical (unpaired) electrons. The van der Waals surface area contributed by atoms with Crippen molar-refractivity contribution in [3.8, 4) is 22.9 Å². The number of amides is 1. The fourth-order valence-electron chi connectivity index (χ4n) is 2.24. The number of hydrogen-bond donors (Lipinski definition) is 1. The molecule has 9 heteroatoms. The molecule has 1 aromatic carbocycles. The zero-order valence-electron chi connectivity index (χ0n) is 14.7. The van der Waals surface area contributed by atoms with Crippen molar-refractivity contribution in [3.63, 3.8) is 0 Å². The van der Waals surface area contributed by atoms with Crippen LogP contribution in [0.2, 0.25) is 0 Å². The molecule has 1 aromatic heterocycles. The van der Waals surface area contributed by atoms with E-state index in [1.807, 2.05) is 6.07 Å². The summed E-state index contributed by atoms with van der Waals surface area (Å²) in [7, 11) is 0. The van der Waals surface area contributed by atoms with Crippen LogP contribution in [0.25, 0.3) is 11.1 Å². The second-order valence-electron chi connectivity index (χ2n) is 5.57. The summed E-state index contributed by atoms with van der Waals surface area (Å²) in [6.45, 7) is 2.35. The molecule has 0 unspecified atom stereocenters. The van der Waals surface area contributed by atoms with Gasteiger partial charge in [-0.05, 0) is 36.8 Å². The Morgan fingerprint density at radius 1 is 1.29 bits per heavy atom. The Kier molecular flexibility index (Phi) is 6.50. The minimum absolute atomic E-state index is 0.306. The number of carbonyl (C=O) groups excluding carboxylic acids is 1. The van der Waals surface area contributed by atoms with Crippen molar-refractivity contribution < 1.29 is 22.7 Å². The van der Waals surface area contributed by atoms with Gasteiger partial charge in [-0.15, -0.1) is 13.2 Å². The maximum absolute atomic E-state index is 12.1. The molecule has 0 saturated carbocycles. The summed E-state index contributed by atoms with van der Waals surface area (Å²) in [6, 6.07) is 8.96. The molecule has 0 spiro atoms. The Morgan fingerprint density at radius 2 is 1.96 bits per heavy atom. The number of pyridine rings is 1. The van der Waals surface area contributed by atoms with Crippen molar-refractivity contribution in [2.75, 3.05) is 6.54 Å². The quantitative estimate of drug-likeness (QED) is 0.871. The van der Waals surface area contributed by atoms with Gasteiger partial charge in [0.1, 0.15) is 5.75 Å². The van der Waals surface area contributed by atoms with Crippen LogP contribution in [0.1, 0.15) is 11.3 Å². The van der Waals surface area contributed by atoms with Crippen molar-refractivity contribution in [2.24, 2.45) is 10.7 Å². The van der Waals surface area contributed by atoms with Gasteiger partial charge in [-0.25, -0.2) is 0 Å². The smallest absolute Gasteiger partial charge is 0.406 e. The van der Waals surface area contributed by atoms with Gasteiger partial charge in [0.05, 0.1) is 23.8 Å². The SMILES string of the molecule is Cc1cc(C#N)c(-c2ccc(OC(F)(F)F)cc2)cn1.NC(=O)C1=CCN=C1. The molecule has 1 aliphatic heterocycles. The van der Waals surface area contributed by atoms with Crippen molar-refractivity contribution >= 4 is 12.1 Å². The molecule has 6 nitrogen and oxygen atoms in total. The monoisotopic (exact) mass is 388 g/mol. The lowest BCUT2D eigenvalue weighted by Gasteiger charge is -2.10. The normalized spacial score (nSPS) is 12.5. The molecule has 2 aromatic rings. The van der Waals surface area contributed by atoms with Crippen LogP contribution in [-0.2, 0) is 4.79 Å². The highest BCUT2D eigenvalue weighted by Crippen LogP contribution is 2.28. The molecule has 0 saturated heterocycles. The fourth-order valence-corrected chi connectivity index (χ4v) is 2.24. The lowest BCUT2D eigenvalue weighted by atomic mass is 10.0. The summed E-state index contributed by atoms with van der Waals surface area (Å²) in [5.74, 6) is -0.703. The number of aromatic nitrogens is 1. The van der Waals surface area contributed by atoms with Crippen LogP contribution in [0.3, 0.4) is 0 Å². The first kappa shape index (κ1) is 20.6.